The molecule has 2 N–H and O–H groups in total. The number of hydrogen-bond acceptors (Lipinski definition) is 4. The van der Waals surface area contributed by atoms with E-state index in [4.69, 9.17) is 5.11 Å². The van der Waals surface area contributed by atoms with E-state index in [0.29, 0.717) is 17.1 Å². The fraction of sp³-hybridized carbons (Fsp3) is 0.353. The fourth-order valence-electron chi connectivity index (χ4n) is 2.12. The number of aryl methyl sites for hydroxylation is 1. The summed E-state index contributed by atoms with van der Waals surface area (Å²) in [5, 5.41) is 15.7. The monoisotopic (exact) mass is 347 g/mol. The molecular weight excluding hydrogens is 326 g/mol. The minimum atomic E-state index is -0.785. The Bertz CT molecular complexity index is 700. The molecule has 1 amide bonds. The first-order valence-electron chi connectivity index (χ1n) is 7.80. The molecule has 0 saturated carbocycles. The zero-order valence-corrected chi connectivity index (χ0v) is 14.4. The van der Waals surface area contributed by atoms with Crippen molar-refractivity contribution in [1.29, 1.82) is 0 Å². The Morgan fingerprint density at radius 1 is 1.38 bits per heavy atom. The molecule has 1 aromatic heterocycles. The molecule has 1 heterocycles. The highest BCUT2D eigenvalue weighted by Crippen LogP contribution is 2.18. The maximum atomic E-state index is 12.2. The number of benzene rings is 1. The summed E-state index contributed by atoms with van der Waals surface area (Å²) in [4.78, 5) is 22.7. The third-order valence-electron chi connectivity index (χ3n) is 3.26. The van der Waals surface area contributed by atoms with Crippen molar-refractivity contribution in [3.05, 3.63) is 47.8 Å². The number of nitrogens with zero attached hydrogens (tertiary/aromatic N) is 2. The first kappa shape index (κ1) is 18.1. The van der Waals surface area contributed by atoms with Gasteiger partial charge in [-0.3, -0.25) is 14.3 Å². The van der Waals surface area contributed by atoms with Gasteiger partial charge in [0.15, 0.2) is 0 Å². The van der Waals surface area contributed by atoms with Crippen molar-refractivity contribution < 1.29 is 14.7 Å². The lowest BCUT2D eigenvalue weighted by Gasteiger charge is -2.06. The van der Waals surface area contributed by atoms with Crippen molar-refractivity contribution in [2.45, 2.75) is 32.1 Å². The molecule has 0 fully saturated rings. The van der Waals surface area contributed by atoms with Gasteiger partial charge in [0, 0.05) is 29.9 Å². The number of anilines is 1. The number of nitrogens with one attached hydrogen (secondary N) is 1. The van der Waals surface area contributed by atoms with Crippen molar-refractivity contribution in [2.75, 3.05) is 11.1 Å². The molecule has 0 radical (unpaired) electrons. The topological polar surface area (TPSA) is 84.2 Å². The van der Waals surface area contributed by atoms with Crippen LogP contribution in [0.2, 0.25) is 0 Å². The molecule has 24 heavy (non-hydrogen) atoms. The van der Waals surface area contributed by atoms with Gasteiger partial charge in [-0.1, -0.05) is 19.1 Å². The second-order valence-corrected chi connectivity index (χ2v) is 6.45. The van der Waals surface area contributed by atoms with Crippen molar-refractivity contribution in [3.8, 4) is 0 Å². The Labute approximate surface area is 145 Å². The van der Waals surface area contributed by atoms with Crippen LogP contribution in [0.15, 0.2) is 36.7 Å². The molecule has 0 aliphatic rings. The van der Waals surface area contributed by atoms with Gasteiger partial charge in [0.25, 0.3) is 5.91 Å². The molecule has 2 rings (SSSR count). The van der Waals surface area contributed by atoms with E-state index in [9.17, 15) is 9.59 Å². The SMILES string of the molecule is CCCn1cc(C(=O)Nc2cccc(CSCCC(=O)O)c2)cn1. The Balaban J connectivity index is 1.90. The van der Waals surface area contributed by atoms with Gasteiger partial charge in [-0.05, 0) is 24.1 Å². The third-order valence-corrected chi connectivity index (χ3v) is 4.29. The number of hydrogen-bond donors (Lipinski definition) is 2. The first-order chi connectivity index (χ1) is 11.6. The molecule has 128 valence electrons. The van der Waals surface area contributed by atoms with E-state index in [-0.39, 0.29) is 12.3 Å². The molecule has 0 bridgehead atoms. The minimum Gasteiger partial charge on any atom is -0.481 e. The van der Waals surface area contributed by atoms with E-state index in [1.165, 1.54) is 0 Å². The van der Waals surface area contributed by atoms with E-state index < -0.39 is 5.97 Å². The lowest BCUT2D eigenvalue weighted by Crippen LogP contribution is -2.11. The van der Waals surface area contributed by atoms with Crippen LogP contribution in [-0.4, -0.2) is 32.5 Å². The van der Waals surface area contributed by atoms with Gasteiger partial charge in [0.1, 0.15) is 0 Å². The van der Waals surface area contributed by atoms with Crippen LogP contribution in [0.3, 0.4) is 0 Å². The van der Waals surface area contributed by atoms with Gasteiger partial charge in [0.05, 0.1) is 18.2 Å². The summed E-state index contributed by atoms with van der Waals surface area (Å²) in [5.74, 6) is 0.314. The Hall–Kier alpha value is -2.28. The number of aromatic nitrogens is 2. The van der Waals surface area contributed by atoms with Crippen LogP contribution in [-0.2, 0) is 17.1 Å². The number of thioether (sulfide) groups is 1. The number of rotatable bonds is 9. The number of carbonyl (C=O) groups excluding carboxylic acids is 1. The lowest BCUT2D eigenvalue weighted by atomic mass is 10.2. The van der Waals surface area contributed by atoms with Gasteiger partial charge in [-0.25, -0.2) is 0 Å². The largest absolute Gasteiger partial charge is 0.481 e. The van der Waals surface area contributed by atoms with Gasteiger partial charge in [0.2, 0.25) is 0 Å². The summed E-state index contributed by atoms with van der Waals surface area (Å²) in [6.07, 6.45) is 4.42. The molecular formula is C17H21N3O3S. The standard InChI is InChI=1S/C17H21N3O3S/c1-2-7-20-11-14(10-18-20)17(23)19-15-5-3-4-13(9-15)12-24-8-6-16(21)22/h3-5,9-11H,2,6-8,12H2,1H3,(H,19,23)(H,21,22). The number of aliphatic carboxylic acids is 1. The van der Waals surface area contributed by atoms with Crippen LogP contribution in [0, 0.1) is 0 Å². The second-order valence-electron chi connectivity index (χ2n) is 5.34. The number of carbonyl (C=O) groups is 2. The van der Waals surface area contributed by atoms with Crippen molar-refractivity contribution >= 4 is 29.3 Å². The zero-order valence-electron chi connectivity index (χ0n) is 13.6. The van der Waals surface area contributed by atoms with Gasteiger partial charge < -0.3 is 10.4 Å². The average Bonchev–Trinajstić information content (AvgIpc) is 3.01. The van der Waals surface area contributed by atoms with Crippen molar-refractivity contribution in [1.82, 2.24) is 9.78 Å². The Kier molecular flexibility index (Phi) is 6.87. The van der Waals surface area contributed by atoms with Gasteiger partial charge in [-0.15, -0.1) is 0 Å². The summed E-state index contributed by atoms with van der Waals surface area (Å²) in [6.45, 7) is 2.84. The van der Waals surface area contributed by atoms with Gasteiger partial charge in [-0.2, -0.15) is 16.9 Å². The summed E-state index contributed by atoms with van der Waals surface area (Å²) in [5.41, 5.74) is 2.30. The molecule has 0 saturated heterocycles. The number of carboxylic acid groups (broad SMARTS) is 1. The Morgan fingerprint density at radius 3 is 2.96 bits per heavy atom. The number of carboxylic acids is 1. The van der Waals surface area contributed by atoms with E-state index in [1.54, 1.807) is 28.8 Å². The quantitative estimate of drug-likeness (QED) is 0.680. The molecule has 6 nitrogen and oxygen atoms in total. The maximum absolute atomic E-state index is 12.2. The lowest BCUT2D eigenvalue weighted by molar-refractivity contribution is -0.136. The van der Waals surface area contributed by atoms with Crippen LogP contribution in [0.25, 0.3) is 0 Å². The smallest absolute Gasteiger partial charge is 0.304 e. The van der Waals surface area contributed by atoms with Crippen molar-refractivity contribution in [3.63, 3.8) is 0 Å². The summed E-state index contributed by atoms with van der Waals surface area (Å²) in [7, 11) is 0. The first-order valence-corrected chi connectivity index (χ1v) is 8.96. The van der Waals surface area contributed by atoms with E-state index in [1.807, 2.05) is 24.3 Å². The maximum Gasteiger partial charge on any atom is 0.304 e. The zero-order chi connectivity index (χ0) is 17.4. The van der Waals surface area contributed by atoms with E-state index in [0.717, 1.165) is 24.2 Å². The van der Waals surface area contributed by atoms with Crippen LogP contribution in [0.5, 0.6) is 0 Å². The summed E-state index contributed by atoms with van der Waals surface area (Å²) in [6, 6.07) is 7.58. The molecule has 0 unspecified atom stereocenters. The minimum absolute atomic E-state index is 0.156. The van der Waals surface area contributed by atoms with Crippen LogP contribution in [0.4, 0.5) is 5.69 Å². The highest BCUT2D eigenvalue weighted by Gasteiger charge is 2.09. The fourth-order valence-corrected chi connectivity index (χ4v) is 3.00. The summed E-state index contributed by atoms with van der Waals surface area (Å²) < 4.78 is 1.75. The highest BCUT2D eigenvalue weighted by molar-refractivity contribution is 7.98. The van der Waals surface area contributed by atoms with Gasteiger partial charge >= 0.3 is 5.97 Å². The summed E-state index contributed by atoms with van der Waals surface area (Å²) >= 11 is 1.56. The molecule has 2 aromatic rings. The molecule has 1 aromatic carbocycles. The number of amides is 1. The molecule has 0 aliphatic carbocycles. The van der Waals surface area contributed by atoms with Crippen LogP contribution < -0.4 is 5.32 Å². The normalized spacial score (nSPS) is 10.5. The highest BCUT2D eigenvalue weighted by atomic mass is 32.2. The predicted molar refractivity (Wildman–Crippen MR) is 95.3 cm³/mol. The second kappa shape index (κ2) is 9.12. The Morgan fingerprint density at radius 2 is 2.21 bits per heavy atom. The van der Waals surface area contributed by atoms with Crippen LogP contribution in [0.1, 0.15) is 35.7 Å². The molecule has 7 heteroatoms. The van der Waals surface area contributed by atoms with E-state index in [2.05, 4.69) is 17.3 Å². The predicted octanol–water partition coefficient (Wildman–Crippen LogP) is 3.25. The van der Waals surface area contributed by atoms with Crippen LogP contribution >= 0.6 is 11.8 Å². The molecule has 0 aliphatic heterocycles. The van der Waals surface area contributed by atoms with Crippen molar-refractivity contribution in [2.24, 2.45) is 0 Å². The third kappa shape index (κ3) is 5.73. The average molecular weight is 347 g/mol. The van der Waals surface area contributed by atoms with E-state index >= 15 is 0 Å². The molecule has 0 atom stereocenters. The molecule has 0 spiro atoms.